The summed E-state index contributed by atoms with van der Waals surface area (Å²) in [6.07, 6.45) is 0.368. The quantitative estimate of drug-likeness (QED) is 0.716. The van der Waals surface area contributed by atoms with Crippen molar-refractivity contribution >= 4 is 5.69 Å². The summed E-state index contributed by atoms with van der Waals surface area (Å²) in [7, 11) is 0. The minimum atomic E-state index is 0.0851. The second-order valence-electron chi connectivity index (χ2n) is 3.96. The molecule has 1 unspecified atom stereocenters. The van der Waals surface area contributed by atoms with Crippen molar-refractivity contribution in [2.45, 2.75) is 25.6 Å². The third-order valence-electron chi connectivity index (χ3n) is 2.43. The molecule has 2 heteroatoms. The van der Waals surface area contributed by atoms with Crippen LogP contribution in [0.1, 0.15) is 13.8 Å². The maximum Gasteiger partial charge on any atom is 0.104 e. The molecule has 1 aromatic rings. The molecular weight excluding hydrogens is 162 g/mol. The molecule has 1 aromatic carbocycles. The number of ether oxygens (including phenoxy) is 1. The van der Waals surface area contributed by atoms with Crippen LogP contribution < -0.4 is 5.32 Å². The average molecular weight is 177 g/mol. The van der Waals surface area contributed by atoms with Gasteiger partial charge >= 0.3 is 0 Å². The van der Waals surface area contributed by atoms with Gasteiger partial charge in [-0.1, -0.05) is 18.2 Å². The molecule has 0 radical (unpaired) electrons. The second kappa shape index (κ2) is 3.04. The first-order valence-electron chi connectivity index (χ1n) is 4.65. The van der Waals surface area contributed by atoms with E-state index in [1.165, 1.54) is 0 Å². The predicted molar refractivity (Wildman–Crippen MR) is 53.9 cm³/mol. The average Bonchev–Trinajstić information content (AvgIpc) is 2.73. The normalized spacial score (nSPS) is 24.0. The standard InChI is InChI=1S/C11H15NO/c1-11(2)10(13-11)8-12-9-6-4-3-5-7-9/h3-7,10,12H,8H2,1-2H3. The van der Waals surface area contributed by atoms with Crippen LogP contribution in [0, 0.1) is 0 Å². The molecular formula is C11H15NO. The van der Waals surface area contributed by atoms with Crippen LogP contribution >= 0.6 is 0 Å². The van der Waals surface area contributed by atoms with Crippen molar-refractivity contribution in [3.63, 3.8) is 0 Å². The monoisotopic (exact) mass is 177 g/mol. The van der Waals surface area contributed by atoms with E-state index in [9.17, 15) is 0 Å². The molecule has 1 fully saturated rings. The molecule has 0 aromatic heterocycles. The lowest BCUT2D eigenvalue weighted by atomic mass is 10.1. The van der Waals surface area contributed by atoms with Crippen LogP contribution in [0.2, 0.25) is 0 Å². The van der Waals surface area contributed by atoms with Gasteiger partial charge in [0.05, 0.1) is 5.60 Å². The molecule has 0 saturated carbocycles. The molecule has 1 heterocycles. The van der Waals surface area contributed by atoms with Gasteiger partial charge in [-0.3, -0.25) is 0 Å². The zero-order chi connectivity index (χ0) is 9.31. The second-order valence-corrected chi connectivity index (χ2v) is 3.96. The minimum absolute atomic E-state index is 0.0851. The summed E-state index contributed by atoms with van der Waals surface area (Å²) < 4.78 is 5.46. The summed E-state index contributed by atoms with van der Waals surface area (Å²) in [5.74, 6) is 0. The maximum absolute atomic E-state index is 5.46. The Morgan fingerprint density at radius 1 is 1.31 bits per heavy atom. The molecule has 0 bridgehead atoms. The molecule has 1 saturated heterocycles. The number of anilines is 1. The zero-order valence-corrected chi connectivity index (χ0v) is 8.08. The SMILES string of the molecule is CC1(C)OC1CNc1ccccc1. The lowest BCUT2D eigenvalue weighted by molar-refractivity contribution is 0.326. The third-order valence-corrected chi connectivity index (χ3v) is 2.43. The summed E-state index contributed by atoms with van der Waals surface area (Å²) in [5.41, 5.74) is 1.25. The Bertz CT molecular complexity index is 281. The number of nitrogens with one attached hydrogen (secondary N) is 1. The van der Waals surface area contributed by atoms with Gasteiger partial charge in [0.15, 0.2) is 0 Å². The number of rotatable bonds is 3. The van der Waals surface area contributed by atoms with E-state index in [0.717, 1.165) is 12.2 Å². The van der Waals surface area contributed by atoms with Crippen molar-refractivity contribution in [1.82, 2.24) is 0 Å². The Kier molecular flexibility index (Phi) is 2.00. The van der Waals surface area contributed by atoms with Gasteiger partial charge < -0.3 is 10.1 Å². The topological polar surface area (TPSA) is 24.6 Å². The highest BCUT2D eigenvalue weighted by Crippen LogP contribution is 2.34. The van der Waals surface area contributed by atoms with Crippen molar-refractivity contribution in [2.75, 3.05) is 11.9 Å². The molecule has 70 valence electrons. The first-order valence-corrected chi connectivity index (χ1v) is 4.65. The van der Waals surface area contributed by atoms with Gasteiger partial charge in [-0.05, 0) is 26.0 Å². The van der Waals surface area contributed by atoms with Gasteiger partial charge in [-0.2, -0.15) is 0 Å². The van der Waals surface area contributed by atoms with E-state index in [1.807, 2.05) is 18.2 Å². The van der Waals surface area contributed by atoms with Gasteiger partial charge in [0.25, 0.3) is 0 Å². The fourth-order valence-corrected chi connectivity index (χ4v) is 1.39. The van der Waals surface area contributed by atoms with Crippen LogP contribution in [0.3, 0.4) is 0 Å². The van der Waals surface area contributed by atoms with Gasteiger partial charge in [-0.15, -0.1) is 0 Å². The van der Waals surface area contributed by atoms with Crippen molar-refractivity contribution in [1.29, 1.82) is 0 Å². The molecule has 2 rings (SSSR count). The van der Waals surface area contributed by atoms with Gasteiger partial charge in [0.2, 0.25) is 0 Å². The lowest BCUT2D eigenvalue weighted by Gasteiger charge is -2.03. The molecule has 0 aliphatic carbocycles. The number of benzene rings is 1. The van der Waals surface area contributed by atoms with Crippen LogP contribution in [-0.2, 0) is 4.74 Å². The lowest BCUT2D eigenvalue weighted by Crippen LogP contribution is -2.14. The predicted octanol–water partition coefficient (Wildman–Crippen LogP) is 2.28. The summed E-state index contributed by atoms with van der Waals surface area (Å²) in [4.78, 5) is 0. The van der Waals surface area contributed by atoms with Crippen molar-refractivity contribution in [3.05, 3.63) is 30.3 Å². The van der Waals surface area contributed by atoms with Crippen molar-refractivity contribution in [2.24, 2.45) is 0 Å². The largest absolute Gasteiger partial charge is 0.382 e. The first-order chi connectivity index (χ1) is 6.18. The Morgan fingerprint density at radius 2 is 1.92 bits per heavy atom. The fraction of sp³-hybridized carbons (Fsp3) is 0.455. The highest BCUT2D eigenvalue weighted by molar-refractivity contribution is 5.42. The van der Waals surface area contributed by atoms with E-state index in [4.69, 9.17) is 4.74 Å². The molecule has 1 N–H and O–H groups in total. The number of epoxide rings is 1. The van der Waals surface area contributed by atoms with Crippen LogP contribution in [0.4, 0.5) is 5.69 Å². The number of hydrogen-bond acceptors (Lipinski definition) is 2. The Morgan fingerprint density at radius 3 is 2.46 bits per heavy atom. The molecule has 1 atom stereocenters. The van der Waals surface area contributed by atoms with Crippen molar-refractivity contribution in [3.8, 4) is 0 Å². The molecule has 0 spiro atoms. The van der Waals surface area contributed by atoms with Gasteiger partial charge in [0.1, 0.15) is 6.10 Å². The van der Waals surface area contributed by atoms with E-state index >= 15 is 0 Å². The van der Waals surface area contributed by atoms with Crippen molar-refractivity contribution < 1.29 is 4.74 Å². The number of hydrogen-bond donors (Lipinski definition) is 1. The highest BCUT2D eigenvalue weighted by Gasteiger charge is 2.47. The third kappa shape index (κ3) is 2.01. The van der Waals surface area contributed by atoms with Gasteiger partial charge in [0, 0.05) is 12.2 Å². The maximum atomic E-state index is 5.46. The molecule has 1 aliphatic rings. The number of para-hydroxylation sites is 1. The highest BCUT2D eigenvalue weighted by atomic mass is 16.6. The minimum Gasteiger partial charge on any atom is -0.382 e. The zero-order valence-electron chi connectivity index (χ0n) is 8.08. The Labute approximate surface area is 78.9 Å². The summed E-state index contributed by atoms with van der Waals surface area (Å²) in [5, 5.41) is 3.34. The van der Waals surface area contributed by atoms with E-state index in [0.29, 0.717) is 6.10 Å². The molecule has 13 heavy (non-hydrogen) atoms. The van der Waals surface area contributed by atoms with E-state index in [2.05, 4.69) is 31.3 Å². The van der Waals surface area contributed by atoms with E-state index in [-0.39, 0.29) is 5.60 Å². The van der Waals surface area contributed by atoms with Gasteiger partial charge in [-0.25, -0.2) is 0 Å². The summed E-state index contributed by atoms with van der Waals surface area (Å²) in [6.45, 7) is 5.13. The van der Waals surface area contributed by atoms with Crippen LogP contribution in [-0.4, -0.2) is 18.2 Å². The molecule has 1 aliphatic heterocycles. The first kappa shape index (κ1) is 8.57. The van der Waals surface area contributed by atoms with Crippen LogP contribution in [0.15, 0.2) is 30.3 Å². The Hall–Kier alpha value is -1.02. The molecule has 2 nitrogen and oxygen atoms in total. The van der Waals surface area contributed by atoms with E-state index < -0.39 is 0 Å². The summed E-state index contributed by atoms with van der Waals surface area (Å²) >= 11 is 0. The van der Waals surface area contributed by atoms with Crippen LogP contribution in [0.5, 0.6) is 0 Å². The Balaban J connectivity index is 1.82. The van der Waals surface area contributed by atoms with E-state index in [1.54, 1.807) is 0 Å². The fourth-order valence-electron chi connectivity index (χ4n) is 1.39. The molecule has 0 amide bonds. The van der Waals surface area contributed by atoms with Crippen LogP contribution in [0.25, 0.3) is 0 Å². The smallest absolute Gasteiger partial charge is 0.104 e. The summed E-state index contributed by atoms with van der Waals surface area (Å²) in [6, 6.07) is 10.2.